The molecule has 1 saturated carbocycles. The number of carbonyl (C=O) groups excluding carboxylic acids is 1. The van der Waals surface area contributed by atoms with Gasteiger partial charge in [0.05, 0.1) is 5.60 Å². The molecular weight excluding hydrogens is 540 g/mol. The van der Waals surface area contributed by atoms with E-state index in [9.17, 15) is 31.1 Å². The molecule has 220 valence electrons. The largest absolute Gasteiger partial charge is 0.490 e. The predicted molar refractivity (Wildman–Crippen MR) is 123 cm³/mol. The van der Waals surface area contributed by atoms with Gasteiger partial charge in [-0.15, -0.1) is 0 Å². The highest BCUT2D eigenvalue weighted by Gasteiger charge is 2.49. The molecule has 1 aliphatic carbocycles. The number of hydrogen-bond acceptors (Lipinski definition) is 6. The fourth-order valence-electron chi connectivity index (χ4n) is 4.32. The number of amides is 1. The van der Waals surface area contributed by atoms with Gasteiger partial charge in [0, 0.05) is 38.6 Å². The number of likely N-dealkylation sites (tertiary alicyclic amines) is 1. The Morgan fingerprint density at radius 1 is 1.03 bits per heavy atom. The lowest BCUT2D eigenvalue weighted by molar-refractivity contribution is -0.193. The molecular formula is C24H31F6N3O6. The summed E-state index contributed by atoms with van der Waals surface area (Å²) >= 11 is 0. The van der Waals surface area contributed by atoms with E-state index in [0.717, 1.165) is 51.4 Å². The Morgan fingerprint density at radius 3 is 2.03 bits per heavy atom. The van der Waals surface area contributed by atoms with Gasteiger partial charge in [0.25, 0.3) is 0 Å². The molecule has 0 radical (unpaired) electrons. The van der Waals surface area contributed by atoms with Crippen molar-refractivity contribution in [3.05, 3.63) is 30.1 Å². The average molecular weight is 572 g/mol. The van der Waals surface area contributed by atoms with Crippen molar-refractivity contribution in [2.24, 2.45) is 11.8 Å². The third-order valence-corrected chi connectivity index (χ3v) is 6.68. The minimum absolute atomic E-state index is 0.101. The summed E-state index contributed by atoms with van der Waals surface area (Å²) in [5, 5.41) is 17.3. The van der Waals surface area contributed by atoms with Crippen molar-refractivity contribution < 1.29 is 55.7 Å². The third kappa shape index (κ3) is 10.6. The maximum Gasteiger partial charge on any atom is 0.490 e. The fourth-order valence-corrected chi connectivity index (χ4v) is 4.32. The van der Waals surface area contributed by atoms with Crippen LogP contribution in [0.25, 0.3) is 0 Å². The van der Waals surface area contributed by atoms with Crippen molar-refractivity contribution in [3.63, 3.8) is 0 Å². The minimum Gasteiger partial charge on any atom is -0.475 e. The van der Waals surface area contributed by atoms with Crippen LogP contribution in [0.15, 0.2) is 24.5 Å². The van der Waals surface area contributed by atoms with Gasteiger partial charge in [-0.3, -0.25) is 14.7 Å². The van der Waals surface area contributed by atoms with Crippen LogP contribution in [0, 0.1) is 11.8 Å². The second kappa shape index (κ2) is 13.4. The number of nitrogens with one attached hydrogen (secondary N) is 1. The third-order valence-electron chi connectivity index (χ3n) is 6.68. The monoisotopic (exact) mass is 571 g/mol. The van der Waals surface area contributed by atoms with Crippen molar-refractivity contribution >= 4 is 17.8 Å². The van der Waals surface area contributed by atoms with Gasteiger partial charge in [0.15, 0.2) is 0 Å². The maximum absolute atomic E-state index is 12.4. The number of aliphatic carboxylic acids is 2. The molecule has 2 aliphatic heterocycles. The zero-order chi connectivity index (χ0) is 29.4. The smallest absolute Gasteiger partial charge is 0.475 e. The number of carbonyl (C=O) groups is 3. The van der Waals surface area contributed by atoms with Crippen molar-refractivity contribution in [2.45, 2.75) is 69.6 Å². The quantitative estimate of drug-likeness (QED) is 0.457. The zero-order valence-electron chi connectivity index (χ0n) is 21.1. The summed E-state index contributed by atoms with van der Waals surface area (Å²) in [6, 6.07) is 4.17. The number of alkyl halides is 6. The Morgan fingerprint density at radius 2 is 1.56 bits per heavy atom. The molecule has 2 saturated heterocycles. The fraction of sp³-hybridized carbons (Fsp3) is 0.667. The number of carboxylic acid groups (broad SMARTS) is 2. The second-order valence-electron chi connectivity index (χ2n) is 9.75. The summed E-state index contributed by atoms with van der Waals surface area (Å²) in [4.78, 5) is 36.7. The SMILES string of the molecule is CC1CN(Cc2ccncc2)CCC12CCC(C(=O)NCC1CC1)O2.O=C(O)C(F)(F)F.O=C(O)C(F)(F)F. The minimum atomic E-state index is -5.08. The van der Waals surface area contributed by atoms with E-state index in [1.165, 1.54) is 18.4 Å². The van der Waals surface area contributed by atoms with Gasteiger partial charge in [-0.1, -0.05) is 6.92 Å². The summed E-state index contributed by atoms with van der Waals surface area (Å²) in [6.07, 6.45) is -1.27. The number of piperidine rings is 1. The Kier molecular flexibility index (Phi) is 11.1. The van der Waals surface area contributed by atoms with Crippen LogP contribution in [0.3, 0.4) is 0 Å². The van der Waals surface area contributed by atoms with Gasteiger partial charge >= 0.3 is 24.3 Å². The summed E-state index contributed by atoms with van der Waals surface area (Å²) in [7, 11) is 0. The molecule has 4 rings (SSSR count). The summed E-state index contributed by atoms with van der Waals surface area (Å²) in [5.41, 5.74) is 1.21. The molecule has 1 amide bonds. The van der Waals surface area contributed by atoms with Crippen molar-refractivity contribution in [1.29, 1.82) is 0 Å². The maximum atomic E-state index is 12.4. The molecule has 3 fully saturated rings. The first-order chi connectivity index (χ1) is 18.0. The van der Waals surface area contributed by atoms with Crippen LogP contribution >= 0.6 is 0 Å². The highest BCUT2D eigenvalue weighted by atomic mass is 19.4. The van der Waals surface area contributed by atoms with E-state index in [0.29, 0.717) is 5.92 Å². The molecule has 9 nitrogen and oxygen atoms in total. The van der Waals surface area contributed by atoms with E-state index in [1.807, 2.05) is 12.4 Å². The standard InChI is InChI=1S/C20H29N3O2.2C2HF3O2/c1-15-13-23(14-17-5-9-21-10-6-17)11-8-20(15)7-4-18(25-20)19(24)22-12-16-2-3-16;2*3-2(4,5)1(6)7/h5-6,9-10,15-16,18H,2-4,7-8,11-14H2,1H3,(H,22,24);2*(H,6,7). The van der Waals surface area contributed by atoms with Gasteiger partial charge < -0.3 is 20.3 Å². The van der Waals surface area contributed by atoms with E-state index in [-0.39, 0.29) is 17.6 Å². The number of pyridine rings is 1. The van der Waals surface area contributed by atoms with Crippen LogP contribution in [-0.4, -0.2) is 81.6 Å². The van der Waals surface area contributed by atoms with E-state index in [1.54, 1.807) is 0 Å². The van der Waals surface area contributed by atoms with Gasteiger partial charge in [0.1, 0.15) is 6.10 Å². The number of carboxylic acids is 2. The summed E-state index contributed by atoms with van der Waals surface area (Å²) in [6.45, 7) is 6.14. The zero-order valence-corrected chi connectivity index (χ0v) is 21.1. The first-order valence-corrected chi connectivity index (χ1v) is 12.2. The van der Waals surface area contributed by atoms with Crippen molar-refractivity contribution in [2.75, 3.05) is 19.6 Å². The Bertz CT molecular complexity index is 949. The molecule has 1 spiro atoms. The molecule has 3 N–H and O–H groups in total. The van der Waals surface area contributed by atoms with Crippen molar-refractivity contribution in [1.82, 2.24) is 15.2 Å². The first kappa shape index (κ1) is 32.3. The molecule has 0 bridgehead atoms. The second-order valence-corrected chi connectivity index (χ2v) is 9.75. The molecule has 1 aromatic heterocycles. The Labute approximate surface area is 220 Å². The summed E-state index contributed by atoms with van der Waals surface area (Å²) < 4.78 is 69.8. The molecule has 0 aromatic carbocycles. The van der Waals surface area contributed by atoms with E-state index in [4.69, 9.17) is 24.5 Å². The number of nitrogens with zero attached hydrogens (tertiary/aromatic N) is 2. The average Bonchev–Trinajstić information content (AvgIpc) is 3.58. The van der Waals surface area contributed by atoms with Gasteiger partial charge in [0.2, 0.25) is 5.91 Å². The van der Waals surface area contributed by atoms with Crippen LogP contribution < -0.4 is 5.32 Å². The number of hydrogen-bond donors (Lipinski definition) is 3. The Hall–Kier alpha value is -2.94. The molecule has 3 heterocycles. The van der Waals surface area contributed by atoms with Crippen molar-refractivity contribution in [3.8, 4) is 0 Å². The first-order valence-electron chi connectivity index (χ1n) is 12.2. The molecule has 3 aliphatic rings. The van der Waals surface area contributed by atoms with Crippen LogP contribution in [0.1, 0.15) is 44.6 Å². The van der Waals surface area contributed by atoms with Crippen LogP contribution in [0.4, 0.5) is 26.3 Å². The topological polar surface area (TPSA) is 129 Å². The van der Waals surface area contributed by atoms with Crippen LogP contribution in [-0.2, 0) is 25.7 Å². The molecule has 39 heavy (non-hydrogen) atoms. The molecule has 1 aromatic rings. The number of rotatable bonds is 5. The summed E-state index contributed by atoms with van der Waals surface area (Å²) in [5.74, 6) is -4.24. The molecule has 15 heteroatoms. The van der Waals surface area contributed by atoms with Gasteiger partial charge in [-0.25, -0.2) is 9.59 Å². The van der Waals surface area contributed by atoms with Crippen LogP contribution in [0.2, 0.25) is 0 Å². The normalized spacial score (nSPS) is 25.1. The van der Waals surface area contributed by atoms with Gasteiger partial charge in [-0.05, 0) is 61.6 Å². The lowest BCUT2D eigenvalue weighted by Gasteiger charge is -2.44. The molecule has 3 atom stereocenters. The number of ether oxygens (including phenoxy) is 1. The highest BCUT2D eigenvalue weighted by Crippen LogP contribution is 2.42. The van der Waals surface area contributed by atoms with Crippen LogP contribution in [0.5, 0.6) is 0 Å². The van der Waals surface area contributed by atoms with E-state index >= 15 is 0 Å². The van der Waals surface area contributed by atoms with E-state index < -0.39 is 24.3 Å². The van der Waals surface area contributed by atoms with Gasteiger partial charge in [-0.2, -0.15) is 26.3 Å². The van der Waals surface area contributed by atoms with E-state index in [2.05, 4.69) is 34.3 Å². The lowest BCUT2D eigenvalue weighted by Crippen LogP contribution is -2.51. The molecule has 3 unspecified atom stereocenters. The highest BCUT2D eigenvalue weighted by molar-refractivity contribution is 5.81. The number of aromatic nitrogens is 1. The number of halogens is 6. The predicted octanol–water partition coefficient (Wildman–Crippen LogP) is 3.63. The Balaban J connectivity index is 0.000000317. The lowest BCUT2D eigenvalue weighted by atomic mass is 9.80.